The minimum Gasteiger partial charge on any atom is -0.462 e. The number of benzene rings is 2. The van der Waals surface area contributed by atoms with Gasteiger partial charge in [0, 0.05) is 25.3 Å². The van der Waals surface area contributed by atoms with Gasteiger partial charge in [0.05, 0.1) is 36.5 Å². The molecule has 4 rings (SSSR count). The lowest BCUT2D eigenvalue weighted by Crippen LogP contribution is -2.36. The molecule has 1 aliphatic rings. The third kappa shape index (κ3) is 4.55. The Morgan fingerprint density at radius 3 is 2.58 bits per heavy atom. The van der Waals surface area contributed by atoms with Crippen LogP contribution in [0.5, 0.6) is 0 Å². The summed E-state index contributed by atoms with van der Waals surface area (Å²) in [6, 6.07) is 7.91. The SMILES string of the molecule is CCOC(=O)c1cc(N2CCOCC2)cc2c1nc(C)n2Cc1cccc(C(F)(F)F)c1C. The van der Waals surface area contributed by atoms with Gasteiger partial charge >= 0.3 is 12.1 Å². The number of halogens is 3. The summed E-state index contributed by atoms with van der Waals surface area (Å²) in [6.45, 7) is 7.94. The van der Waals surface area contributed by atoms with E-state index in [1.807, 2.05) is 10.6 Å². The number of nitrogens with zero attached hydrogens (tertiary/aromatic N) is 3. The Balaban J connectivity index is 1.85. The van der Waals surface area contributed by atoms with Gasteiger partial charge < -0.3 is 18.9 Å². The minimum absolute atomic E-state index is 0.182. The number of hydrogen-bond donors (Lipinski definition) is 0. The van der Waals surface area contributed by atoms with Gasteiger partial charge in [-0.2, -0.15) is 13.2 Å². The average molecular weight is 461 g/mol. The number of aryl methyl sites for hydroxylation is 1. The standard InChI is InChI=1S/C24H26F3N3O3/c1-4-33-23(31)19-12-18(29-8-10-32-11-9-29)13-21-22(19)28-16(3)30(21)14-17-6-5-7-20(15(17)2)24(25,26)27/h5-7,12-13H,4,8-11,14H2,1-3H3. The molecule has 176 valence electrons. The molecule has 1 fully saturated rings. The van der Waals surface area contributed by atoms with E-state index in [0.717, 1.165) is 11.8 Å². The van der Waals surface area contributed by atoms with Crippen molar-refractivity contribution in [1.82, 2.24) is 9.55 Å². The molecule has 0 saturated carbocycles. The van der Waals surface area contributed by atoms with Crippen LogP contribution in [0.15, 0.2) is 30.3 Å². The largest absolute Gasteiger partial charge is 0.462 e. The van der Waals surface area contributed by atoms with Crippen LogP contribution in [0.3, 0.4) is 0 Å². The van der Waals surface area contributed by atoms with E-state index in [1.54, 1.807) is 26.0 Å². The number of hydrogen-bond acceptors (Lipinski definition) is 5. The topological polar surface area (TPSA) is 56.6 Å². The lowest BCUT2D eigenvalue weighted by molar-refractivity contribution is -0.138. The van der Waals surface area contributed by atoms with Crippen LogP contribution in [-0.2, 0) is 22.2 Å². The van der Waals surface area contributed by atoms with Crippen LogP contribution in [0.25, 0.3) is 11.0 Å². The highest BCUT2D eigenvalue weighted by molar-refractivity contribution is 6.04. The summed E-state index contributed by atoms with van der Waals surface area (Å²) < 4.78 is 52.8. The number of imidazole rings is 1. The number of carbonyl (C=O) groups excluding carboxylic acids is 1. The summed E-state index contributed by atoms with van der Waals surface area (Å²) in [5, 5.41) is 0. The molecule has 0 amide bonds. The molecule has 3 aromatic rings. The molecular weight excluding hydrogens is 435 g/mol. The lowest BCUT2D eigenvalue weighted by atomic mass is 10.0. The molecule has 2 aromatic carbocycles. The number of alkyl halides is 3. The maximum Gasteiger partial charge on any atom is 0.416 e. The van der Waals surface area contributed by atoms with Crippen LogP contribution >= 0.6 is 0 Å². The van der Waals surface area contributed by atoms with Crippen LogP contribution in [-0.4, -0.2) is 48.4 Å². The summed E-state index contributed by atoms with van der Waals surface area (Å²) in [7, 11) is 0. The van der Waals surface area contributed by atoms with Gasteiger partial charge in [-0.3, -0.25) is 0 Å². The van der Waals surface area contributed by atoms with Crippen molar-refractivity contribution in [3.63, 3.8) is 0 Å². The summed E-state index contributed by atoms with van der Waals surface area (Å²) in [5.41, 5.74) is 2.41. The molecule has 1 saturated heterocycles. The molecular formula is C24H26F3N3O3. The van der Waals surface area contributed by atoms with Crippen molar-refractivity contribution in [2.75, 3.05) is 37.8 Å². The summed E-state index contributed by atoms with van der Waals surface area (Å²) in [5.74, 6) is 0.129. The van der Waals surface area contributed by atoms with E-state index in [1.165, 1.54) is 13.0 Å². The van der Waals surface area contributed by atoms with Crippen molar-refractivity contribution in [3.05, 3.63) is 58.4 Å². The Morgan fingerprint density at radius 1 is 1.18 bits per heavy atom. The van der Waals surface area contributed by atoms with Crippen molar-refractivity contribution in [1.29, 1.82) is 0 Å². The van der Waals surface area contributed by atoms with Crippen molar-refractivity contribution in [2.45, 2.75) is 33.5 Å². The molecule has 0 spiro atoms. The van der Waals surface area contributed by atoms with Gasteiger partial charge in [0.2, 0.25) is 0 Å². The Hall–Kier alpha value is -3.07. The fourth-order valence-corrected chi connectivity index (χ4v) is 4.22. The van der Waals surface area contributed by atoms with Crippen LogP contribution < -0.4 is 4.90 Å². The number of ether oxygens (including phenoxy) is 2. The molecule has 33 heavy (non-hydrogen) atoms. The molecule has 0 atom stereocenters. The maximum absolute atomic E-state index is 13.4. The van der Waals surface area contributed by atoms with Crippen LogP contribution in [0.2, 0.25) is 0 Å². The van der Waals surface area contributed by atoms with E-state index in [9.17, 15) is 18.0 Å². The number of morpholine rings is 1. The molecule has 9 heteroatoms. The molecule has 2 heterocycles. The molecule has 0 radical (unpaired) electrons. The van der Waals surface area contributed by atoms with Gasteiger partial charge in [0.25, 0.3) is 0 Å². The average Bonchev–Trinajstić information content (AvgIpc) is 3.09. The maximum atomic E-state index is 13.4. The zero-order valence-electron chi connectivity index (χ0n) is 18.8. The monoisotopic (exact) mass is 461 g/mol. The van der Waals surface area contributed by atoms with Gasteiger partial charge in [0.15, 0.2) is 0 Å². The first-order valence-electron chi connectivity index (χ1n) is 10.9. The van der Waals surface area contributed by atoms with Crippen LogP contribution in [0, 0.1) is 13.8 Å². The van der Waals surface area contributed by atoms with Crippen molar-refractivity contribution in [2.24, 2.45) is 0 Å². The predicted octanol–water partition coefficient (Wildman–Crippen LogP) is 4.73. The molecule has 0 unspecified atom stereocenters. The van der Waals surface area contributed by atoms with Crippen molar-refractivity contribution < 1.29 is 27.4 Å². The Bertz CT molecular complexity index is 1180. The number of anilines is 1. The van der Waals surface area contributed by atoms with Gasteiger partial charge in [-0.1, -0.05) is 12.1 Å². The second kappa shape index (κ2) is 9.05. The minimum atomic E-state index is -4.42. The third-order valence-corrected chi connectivity index (χ3v) is 5.98. The smallest absolute Gasteiger partial charge is 0.416 e. The van der Waals surface area contributed by atoms with Gasteiger partial charge in [-0.15, -0.1) is 0 Å². The predicted molar refractivity (Wildman–Crippen MR) is 119 cm³/mol. The highest BCUT2D eigenvalue weighted by atomic mass is 19.4. The van der Waals surface area contributed by atoms with E-state index >= 15 is 0 Å². The Labute approximate surface area is 189 Å². The lowest BCUT2D eigenvalue weighted by Gasteiger charge is -2.29. The fraction of sp³-hybridized carbons (Fsp3) is 0.417. The summed E-state index contributed by atoms with van der Waals surface area (Å²) in [4.78, 5) is 19.5. The van der Waals surface area contributed by atoms with Crippen molar-refractivity contribution >= 4 is 22.7 Å². The van der Waals surface area contributed by atoms with Gasteiger partial charge in [-0.25, -0.2) is 9.78 Å². The fourth-order valence-electron chi connectivity index (χ4n) is 4.22. The quantitative estimate of drug-likeness (QED) is 0.514. The number of aromatic nitrogens is 2. The van der Waals surface area contributed by atoms with E-state index in [-0.39, 0.29) is 18.7 Å². The van der Waals surface area contributed by atoms with E-state index in [4.69, 9.17) is 9.47 Å². The second-order valence-corrected chi connectivity index (χ2v) is 8.01. The summed E-state index contributed by atoms with van der Waals surface area (Å²) >= 11 is 0. The number of esters is 1. The number of rotatable bonds is 5. The van der Waals surface area contributed by atoms with Crippen LogP contribution in [0.4, 0.5) is 18.9 Å². The molecule has 6 nitrogen and oxygen atoms in total. The molecule has 0 aliphatic carbocycles. The molecule has 1 aromatic heterocycles. The number of fused-ring (bicyclic) bond motifs is 1. The first kappa shape index (κ1) is 23.1. The zero-order chi connectivity index (χ0) is 23.8. The van der Waals surface area contributed by atoms with E-state index in [2.05, 4.69) is 9.88 Å². The first-order chi connectivity index (χ1) is 15.7. The first-order valence-corrected chi connectivity index (χ1v) is 10.9. The highest BCUT2D eigenvalue weighted by Gasteiger charge is 2.33. The van der Waals surface area contributed by atoms with Crippen molar-refractivity contribution in [3.8, 4) is 0 Å². The van der Waals surface area contributed by atoms with Gasteiger partial charge in [0.1, 0.15) is 11.3 Å². The second-order valence-electron chi connectivity index (χ2n) is 8.01. The summed E-state index contributed by atoms with van der Waals surface area (Å²) in [6.07, 6.45) is -4.42. The highest BCUT2D eigenvalue weighted by Crippen LogP contribution is 2.34. The van der Waals surface area contributed by atoms with E-state index < -0.39 is 17.7 Å². The molecule has 1 aliphatic heterocycles. The molecule has 0 N–H and O–H groups in total. The Kier molecular flexibility index (Phi) is 6.34. The van der Waals surface area contributed by atoms with Crippen LogP contribution in [0.1, 0.15) is 39.8 Å². The molecule has 0 bridgehead atoms. The normalized spacial score (nSPS) is 14.7. The zero-order valence-corrected chi connectivity index (χ0v) is 18.8. The third-order valence-electron chi connectivity index (χ3n) is 5.98. The van der Waals surface area contributed by atoms with E-state index in [0.29, 0.717) is 54.3 Å². The number of carbonyl (C=O) groups is 1. The van der Waals surface area contributed by atoms with Gasteiger partial charge in [-0.05, 0) is 50.1 Å². The Morgan fingerprint density at radius 2 is 1.91 bits per heavy atom.